The second-order valence-electron chi connectivity index (χ2n) is 5.89. The molecule has 0 unspecified atom stereocenters. The van der Waals surface area contributed by atoms with Gasteiger partial charge in [-0.3, -0.25) is 9.48 Å². The predicted octanol–water partition coefficient (Wildman–Crippen LogP) is 2.18. The number of carbonyl (C=O) groups excluding carboxylic acids is 1. The first-order valence-corrected chi connectivity index (χ1v) is 7.81. The largest absolute Gasteiger partial charge is 0.435 e. The summed E-state index contributed by atoms with van der Waals surface area (Å²) >= 11 is 0. The first-order valence-electron chi connectivity index (χ1n) is 7.81. The van der Waals surface area contributed by atoms with Gasteiger partial charge in [-0.15, -0.1) is 0 Å². The maximum Gasteiger partial charge on any atom is 0.435 e. The highest BCUT2D eigenvalue weighted by atomic mass is 19.4. The van der Waals surface area contributed by atoms with Crippen LogP contribution in [-0.2, 0) is 24.1 Å². The topological polar surface area (TPSA) is 64.7 Å². The van der Waals surface area contributed by atoms with Crippen molar-refractivity contribution in [2.24, 2.45) is 0 Å². The molecule has 1 amide bonds. The molecular weight excluding hydrogens is 323 g/mol. The maximum absolute atomic E-state index is 12.8. The molecule has 24 heavy (non-hydrogen) atoms. The molecule has 3 rings (SSSR count). The average molecular weight is 341 g/mol. The maximum atomic E-state index is 12.8. The summed E-state index contributed by atoms with van der Waals surface area (Å²) in [6, 6.07) is 1.06. The fraction of sp³-hybridized carbons (Fsp3) is 0.533. The molecule has 1 fully saturated rings. The van der Waals surface area contributed by atoms with Gasteiger partial charge in [-0.05, 0) is 25.3 Å². The molecule has 0 aromatic carbocycles. The zero-order chi connectivity index (χ0) is 17.2. The molecule has 2 aromatic rings. The number of hydrogen-bond donors (Lipinski definition) is 1. The minimum absolute atomic E-state index is 0.0858. The lowest BCUT2D eigenvalue weighted by Gasteiger charge is -2.08. The van der Waals surface area contributed by atoms with Gasteiger partial charge < -0.3 is 9.88 Å². The van der Waals surface area contributed by atoms with Crippen LogP contribution in [0, 0.1) is 0 Å². The Kier molecular flexibility index (Phi) is 4.59. The summed E-state index contributed by atoms with van der Waals surface area (Å²) in [6.45, 7) is 0.976. The third-order valence-electron chi connectivity index (χ3n) is 3.86. The van der Waals surface area contributed by atoms with Crippen LogP contribution in [-0.4, -0.2) is 31.8 Å². The van der Waals surface area contributed by atoms with Gasteiger partial charge in [-0.1, -0.05) is 0 Å². The fourth-order valence-corrected chi connectivity index (χ4v) is 2.50. The lowest BCUT2D eigenvalue weighted by Crippen LogP contribution is -2.30. The monoisotopic (exact) mass is 341 g/mol. The molecule has 0 bridgehead atoms. The van der Waals surface area contributed by atoms with Crippen molar-refractivity contribution in [3.63, 3.8) is 0 Å². The molecule has 130 valence electrons. The van der Waals surface area contributed by atoms with Crippen molar-refractivity contribution in [1.29, 1.82) is 0 Å². The molecule has 0 aliphatic heterocycles. The second-order valence-corrected chi connectivity index (χ2v) is 5.89. The number of imidazole rings is 1. The fourth-order valence-electron chi connectivity index (χ4n) is 2.50. The Labute approximate surface area is 136 Å². The van der Waals surface area contributed by atoms with Crippen LogP contribution >= 0.6 is 0 Å². The highest BCUT2D eigenvalue weighted by Gasteiger charge is 2.38. The summed E-state index contributed by atoms with van der Waals surface area (Å²) in [5, 5.41) is 6.28. The van der Waals surface area contributed by atoms with Crippen molar-refractivity contribution in [3.05, 3.63) is 36.2 Å². The normalized spacial score (nSPS) is 14.8. The number of amides is 1. The predicted molar refractivity (Wildman–Crippen MR) is 79.1 cm³/mol. The molecule has 1 saturated carbocycles. The summed E-state index contributed by atoms with van der Waals surface area (Å²) in [4.78, 5) is 15.9. The number of nitrogens with zero attached hydrogens (tertiary/aromatic N) is 4. The molecule has 1 N–H and O–H groups in total. The molecule has 0 saturated heterocycles. The van der Waals surface area contributed by atoms with Gasteiger partial charge in [0.1, 0.15) is 6.54 Å². The number of aromatic nitrogens is 4. The van der Waals surface area contributed by atoms with E-state index in [2.05, 4.69) is 15.4 Å². The Morgan fingerprint density at radius 2 is 2.17 bits per heavy atom. The first kappa shape index (κ1) is 16.5. The van der Waals surface area contributed by atoms with Crippen LogP contribution in [0.3, 0.4) is 0 Å². The van der Waals surface area contributed by atoms with Crippen LogP contribution in [0.15, 0.2) is 24.8 Å². The van der Waals surface area contributed by atoms with Gasteiger partial charge in [0, 0.05) is 37.1 Å². The zero-order valence-corrected chi connectivity index (χ0v) is 13.0. The summed E-state index contributed by atoms with van der Waals surface area (Å²) in [5.41, 5.74) is -0.437. The standard InChI is InChI=1S/C15H18F3N5O/c16-15(17,18)13-8-12(11-2-3-11)23(21-13)9-14(24)20-4-1-6-22-7-5-19-10-22/h5,7-8,10-11H,1-4,6,9H2,(H,20,24). The van der Waals surface area contributed by atoms with Crippen LogP contribution < -0.4 is 5.32 Å². The van der Waals surface area contributed by atoms with Crippen LogP contribution in [0.5, 0.6) is 0 Å². The van der Waals surface area contributed by atoms with Gasteiger partial charge in [-0.2, -0.15) is 18.3 Å². The molecule has 0 atom stereocenters. The van der Waals surface area contributed by atoms with E-state index in [1.165, 1.54) is 4.68 Å². The number of alkyl halides is 3. The Hall–Kier alpha value is -2.32. The number of nitrogens with one attached hydrogen (secondary N) is 1. The zero-order valence-electron chi connectivity index (χ0n) is 13.0. The Bertz CT molecular complexity index is 689. The van der Waals surface area contributed by atoms with Crippen molar-refractivity contribution >= 4 is 5.91 Å². The smallest absolute Gasteiger partial charge is 0.354 e. The second kappa shape index (κ2) is 6.66. The van der Waals surface area contributed by atoms with E-state index in [0.717, 1.165) is 18.9 Å². The van der Waals surface area contributed by atoms with E-state index in [-0.39, 0.29) is 18.4 Å². The van der Waals surface area contributed by atoms with E-state index in [1.54, 1.807) is 12.5 Å². The van der Waals surface area contributed by atoms with Gasteiger partial charge in [-0.25, -0.2) is 4.98 Å². The Balaban J connectivity index is 1.53. The van der Waals surface area contributed by atoms with Crippen LogP contribution in [0.1, 0.15) is 36.6 Å². The van der Waals surface area contributed by atoms with E-state index in [4.69, 9.17) is 0 Å². The van der Waals surface area contributed by atoms with Crippen molar-refractivity contribution < 1.29 is 18.0 Å². The lowest BCUT2D eigenvalue weighted by atomic mass is 10.2. The van der Waals surface area contributed by atoms with E-state index in [0.29, 0.717) is 25.2 Å². The summed E-state index contributed by atoms with van der Waals surface area (Å²) in [7, 11) is 0. The van der Waals surface area contributed by atoms with Gasteiger partial charge in [0.2, 0.25) is 5.91 Å². The highest BCUT2D eigenvalue weighted by Crippen LogP contribution is 2.42. The van der Waals surface area contributed by atoms with Crippen LogP contribution in [0.4, 0.5) is 13.2 Å². The lowest BCUT2D eigenvalue weighted by molar-refractivity contribution is -0.141. The molecule has 2 aromatic heterocycles. The van der Waals surface area contributed by atoms with E-state index in [9.17, 15) is 18.0 Å². The molecule has 1 aliphatic carbocycles. The summed E-state index contributed by atoms with van der Waals surface area (Å²) in [5.74, 6) is -0.248. The van der Waals surface area contributed by atoms with Crippen molar-refractivity contribution in [1.82, 2.24) is 24.6 Å². The molecule has 0 spiro atoms. The summed E-state index contributed by atoms with van der Waals surface area (Å²) < 4.78 is 41.5. The van der Waals surface area contributed by atoms with Crippen LogP contribution in [0.2, 0.25) is 0 Å². The van der Waals surface area contributed by atoms with Gasteiger partial charge >= 0.3 is 6.18 Å². The van der Waals surface area contributed by atoms with E-state index >= 15 is 0 Å². The molecule has 9 heteroatoms. The molecule has 2 heterocycles. The Morgan fingerprint density at radius 3 is 2.79 bits per heavy atom. The average Bonchev–Trinajstić information content (AvgIpc) is 3.05. The van der Waals surface area contributed by atoms with Gasteiger partial charge in [0.25, 0.3) is 0 Å². The van der Waals surface area contributed by atoms with E-state index in [1.807, 2.05) is 10.8 Å². The van der Waals surface area contributed by atoms with Crippen molar-refractivity contribution in [3.8, 4) is 0 Å². The van der Waals surface area contributed by atoms with E-state index < -0.39 is 11.9 Å². The number of aryl methyl sites for hydroxylation is 1. The third kappa shape index (κ3) is 4.15. The summed E-state index contributed by atoms with van der Waals surface area (Å²) in [6.07, 6.45) is 3.10. The SMILES string of the molecule is O=C(Cn1nc(C(F)(F)F)cc1C1CC1)NCCCn1ccnc1. The quantitative estimate of drug-likeness (QED) is 0.785. The van der Waals surface area contributed by atoms with Crippen LogP contribution in [0.25, 0.3) is 0 Å². The highest BCUT2D eigenvalue weighted by molar-refractivity contribution is 5.75. The van der Waals surface area contributed by atoms with Gasteiger partial charge in [0.15, 0.2) is 5.69 Å². The van der Waals surface area contributed by atoms with Crippen molar-refractivity contribution in [2.75, 3.05) is 6.54 Å². The number of rotatable bonds is 7. The van der Waals surface area contributed by atoms with Crippen molar-refractivity contribution in [2.45, 2.75) is 44.4 Å². The number of halogens is 3. The number of carbonyl (C=O) groups is 1. The Morgan fingerprint density at radius 1 is 1.38 bits per heavy atom. The molecule has 0 radical (unpaired) electrons. The molecule has 6 nitrogen and oxygen atoms in total. The number of hydrogen-bond acceptors (Lipinski definition) is 3. The molecular formula is C15H18F3N5O. The van der Waals surface area contributed by atoms with Gasteiger partial charge in [0.05, 0.1) is 6.33 Å². The minimum Gasteiger partial charge on any atom is -0.354 e. The minimum atomic E-state index is -4.49. The first-order chi connectivity index (χ1) is 11.4. The molecule has 1 aliphatic rings. The third-order valence-corrected chi connectivity index (χ3v) is 3.86.